The molecule has 0 fully saturated rings. The maximum atomic E-state index is 12.2. The summed E-state index contributed by atoms with van der Waals surface area (Å²) in [7, 11) is 1.54. The van der Waals surface area contributed by atoms with Crippen LogP contribution in [0.1, 0.15) is 40.0 Å². The highest BCUT2D eigenvalue weighted by Crippen LogP contribution is 2.25. The summed E-state index contributed by atoms with van der Waals surface area (Å²) in [5.74, 6) is 0.697. The number of methoxy groups -OCH3 is 1. The van der Waals surface area contributed by atoms with E-state index in [1.807, 2.05) is 13.8 Å². The highest BCUT2D eigenvalue weighted by Gasteiger charge is 2.13. The number of anilines is 1. The van der Waals surface area contributed by atoms with Crippen LogP contribution in [0.5, 0.6) is 5.75 Å². The lowest BCUT2D eigenvalue weighted by Crippen LogP contribution is -2.10. The second kappa shape index (κ2) is 6.69. The third-order valence-electron chi connectivity index (χ3n) is 2.95. The Bertz CT molecular complexity index is 638. The minimum Gasteiger partial charge on any atom is -0.496 e. The Balaban J connectivity index is 2.15. The zero-order valence-corrected chi connectivity index (χ0v) is 13.0. The van der Waals surface area contributed by atoms with Crippen LogP contribution in [0, 0.1) is 0 Å². The zero-order valence-electron chi connectivity index (χ0n) is 12.2. The number of nitrogens with zero attached hydrogens (tertiary/aromatic N) is 1. The third kappa shape index (κ3) is 3.59. The first-order chi connectivity index (χ1) is 10.0. The molecule has 0 spiro atoms. The molecule has 1 amide bonds. The molecular formula is C15H18N2O3S. The fraction of sp³-hybridized carbons (Fsp3) is 0.333. The summed E-state index contributed by atoms with van der Waals surface area (Å²) < 4.78 is 5.13. The Kier molecular flexibility index (Phi) is 4.93. The van der Waals surface area contributed by atoms with Gasteiger partial charge in [-0.05, 0) is 18.2 Å². The smallest absolute Gasteiger partial charge is 0.267 e. The summed E-state index contributed by atoms with van der Waals surface area (Å²) in [5, 5.41) is 13.0. The van der Waals surface area contributed by atoms with Crippen molar-refractivity contribution >= 4 is 22.9 Å². The van der Waals surface area contributed by atoms with Gasteiger partial charge in [0.25, 0.3) is 5.91 Å². The molecule has 0 bridgehead atoms. The van der Waals surface area contributed by atoms with Crippen molar-refractivity contribution < 1.29 is 14.6 Å². The molecule has 1 heterocycles. The number of aliphatic hydroxyl groups is 1. The number of aromatic nitrogens is 1. The first-order valence-corrected chi connectivity index (χ1v) is 7.41. The first kappa shape index (κ1) is 15.5. The number of amides is 1. The minimum absolute atomic E-state index is 0.148. The molecule has 0 aliphatic heterocycles. The molecule has 112 valence electrons. The van der Waals surface area contributed by atoms with Crippen molar-refractivity contribution in [1.82, 2.24) is 4.98 Å². The largest absolute Gasteiger partial charge is 0.496 e. The number of nitrogens with one attached hydrogen (secondary N) is 1. The van der Waals surface area contributed by atoms with E-state index in [2.05, 4.69) is 10.3 Å². The molecule has 5 nitrogen and oxygen atoms in total. The summed E-state index contributed by atoms with van der Waals surface area (Å²) in [6, 6.07) is 5.15. The highest BCUT2D eigenvalue weighted by atomic mass is 32.1. The van der Waals surface area contributed by atoms with E-state index in [0.29, 0.717) is 27.8 Å². The van der Waals surface area contributed by atoms with Crippen LogP contribution in [0.4, 0.5) is 5.69 Å². The summed E-state index contributed by atoms with van der Waals surface area (Å²) >= 11 is 1.39. The van der Waals surface area contributed by atoms with Gasteiger partial charge in [0.15, 0.2) is 0 Å². The molecule has 0 aliphatic rings. The standard InChI is InChI=1S/C15H18N2O3S/c1-9(2)15-16-7-13(21-15)14(19)17-11-4-5-12(20-3)10(6-11)8-18/h4-7,9,18H,8H2,1-3H3,(H,17,19). The topological polar surface area (TPSA) is 71.5 Å². The van der Waals surface area contributed by atoms with Crippen LogP contribution in [0.15, 0.2) is 24.4 Å². The van der Waals surface area contributed by atoms with Gasteiger partial charge in [0, 0.05) is 17.2 Å². The van der Waals surface area contributed by atoms with Gasteiger partial charge >= 0.3 is 0 Å². The molecule has 0 saturated carbocycles. The lowest BCUT2D eigenvalue weighted by Gasteiger charge is -2.09. The van der Waals surface area contributed by atoms with Crippen molar-refractivity contribution in [2.45, 2.75) is 26.4 Å². The van der Waals surface area contributed by atoms with Gasteiger partial charge < -0.3 is 15.2 Å². The number of hydrogen-bond acceptors (Lipinski definition) is 5. The molecule has 0 unspecified atom stereocenters. The predicted octanol–water partition coefficient (Wildman–Crippen LogP) is 3.02. The van der Waals surface area contributed by atoms with Gasteiger partial charge in [0.1, 0.15) is 10.6 Å². The maximum absolute atomic E-state index is 12.2. The van der Waals surface area contributed by atoms with Crippen LogP contribution in [-0.4, -0.2) is 23.1 Å². The Morgan fingerprint density at radius 1 is 1.48 bits per heavy atom. The average Bonchev–Trinajstić information content (AvgIpc) is 2.97. The quantitative estimate of drug-likeness (QED) is 0.890. The SMILES string of the molecule is COc1ccc(NC(=O)c2cnc(C(C)C)s2)cc1CO. The Labute approximate surface area is 127 Å². The minimum atomic E-state index is -0.201. The number of benzene rings is 1. The van der Waals surface area contributed by atoms with Crippen molar-refractivity contribution in [2.24, 2.45) is 0 Å². The molecular weight excluding hydrogens is 288 g/mol. The Morgan fingerprint density at radius 2 is 2.24 bits per heavy atom. The van der Waals surface area contributed by atoms with Gasteiger partial charge in [-0.25, -0.2) is 4.98 Å². The van der Waals surface area contributed by atoms with Crippen LogP contribution in [0.25, 0.3) is 0 Å². The fourth-order valence-corrected chi connectivity index (χ4v) is 2.65. The average molecular weight is 306 g/mol. The van der Waals surface area contributed by atoms with Gasteiger partial charge in [-0.15, -0.1) is 11.3 Å². The van der Waals surface area contributed by atoms with Gasteiger partial charge in [-0.2, -0.15) is 0 Å². The molecule has 2 aromatic rings. The first-order valence-electron chi connectivity index (χ1n) is 6.60. The van der Waals surface area contributed by atoms with Crippen molar-refractivity contribution in [3.8, 4) is 5.75 Å². The second-order valence-corrected chi connectivity index (χ2v) is 5.92. The molecule has 0 aliphatic carbocycles. The predicted molar refractivity (Wildman–Crippen MR) is 83.1 cm³/mol. The zero-order chi connectivity index (χ0) is 15.4. The number of rotatable bonds is 5. The van der Waals surface area contributed by atoms with E-state index in [9.17, 15) is 9.90 Å². The van der Waals surface area contributed by atoms with E-state index in [1.54, 1.807) is 24.4 Å². The maximum Gasteiger partial charge on any atom is 0.267 e. The number of ether oxygens (including phenoxy) is 1. The molecule has 0 saturated heterocycles. The number of aliphatic hydroxyl groups excluding tert-OH is 1. The third-order valence-corrected chi connectivity index (χ3v) is 4.25. The monoisotopic (exact) mass is 306 g/mol. The molecule has 0 atom stereocenters. The lowest BCUT2D eigenvalue weighted by molar-refractivity contribution is 0.103. The summed E-state index contributed by atoms with van der Waals surface area (Å²) in [5.41, 5.74) is 1.24. The number of hydrogen-bond donors (Lipinski definition) is 2. The van der Waals surface area contributed by atoms with Crippen LogP contribution >= 0.6 is 11.3 Å². The van der Waals surface area contributed by atoms with Crippen LogP contribution in [-0.2, 0) is 6.61 Å². The van der Waals surface area contributed by atoms with Crippen LogP contribution in [0.3, 0.4) is 0 Å². The second-order valence-electron chi connectivity index (χ2n) is 4.86. The van der Waals surface area contributed by atoms with Crippen LogP contribution < -0.4 is 10.1 Å². The molecule has 0 radical (unpaired) electrons. The van der Waals surface area contributed by atoms with E-state index in [4.69, 9.17) is 4.74 Å². The normalized spacial score (nSPS) is 10.7. The molecule has 1 aromatic carbocycles. The Morgan fingerprint density at radius 3 is 2.81 bits per heavy atom. The van der Waals surface area contributed by atoms with E-state index < -0.39 is 0 Å². The summed E-state index contributed by atoms with van der Waals surface area (Å²) in [6.45, 7) is 3.93. The van der Waals surface area contributed by atoms with Gasteiger partial charge in [0.05, 0.1) is 24.9 Å². The van der Waals surface area contributed by atoms with Crippen molar-refractivity contribution in [1.29, 1.82) is 0 Å². The molecule has 2 N–H and O–H groups in total. The van der Waals surface area contributed by atoms with E-state index in [1.165, 1.54) is 18.4 Å². The number of carbonyl (C=O) groups is 1. The van der Waals surface area contributed by atoms with E-state index in [-0.39, 0.29) is 12.5 Å². The van der Waals surface area contributed by atoms with Crippen molar-refractivity contribution in [2.75, 3.05) is 12.4 Å². The fourth-order valence-electron chi connectivity index (χ4n) is 1.83. The van der Waals surface area contributed by atoms with Gasteiger partial charge in [-0.3, -0.25) is 4.79 Å². The van der Waals surface area contributed by atoms with Crippen molar-refractivity contribution in [3.63, 3.8) is 0 Å². The molecule has 6 heteroatoms. The summed E-state index contributed by atoms with van der Waals surface area (Å²) in [4.78, 5) is 17.0. The van der Waals surface area contributed by atoms with Crippen molar-refractivity contribution in [3.05, 3.63) is 39.8 Å². The highest BCUT2D eigenvalue weighted by molar-refractivity contribution is 7.13. The number of carbonyl (C=O) groups excluding carboxylic acids is 1. The Hall–Kier alpha value is -1.92. The molecule has 2 rings (SSSR count). The summed E-state index contributed by atoms with van der Waals surface area (Å²) in [6.07, 6.45) is 1.59. The lowest BCUT2D eigenvalue weighted by atomic mass is 10.2. The van der Waals surface area contributed by atoms with E-state index >= 15 is 0 Å². The number of thiazole rings is 1. The molecule has 1 aromatic heterocycles. The molecule has 21 heavy (non-hydrogen) atoms. The van der Waals surface area contributed by atoms with Gasteiger partial charge in [-0.1, -0.05) is 13.8 Å². The van der Waals surface area contributed by atoms with Crippen LogP contribution in [0.2, 0.25) is 0 Å². The van der Waals surface area contributed by atoms with E-state index in [0.717, 1.165) is 5.01 Å². The van der Waals surface area contributed by atoms with Gasteiger partial charge in [0.2, 0.25) is 0 Å².